The molecule has 0 aliphatic heterocycles. The van der Waals surface area contributed by atoms with Crippen molar-refractivity contribution in [1.29, 1.82) is 0 Å². The number of fused-ring (bicyclic) bond motifs is 1. The van der Waals surface area contributed by atoms with Crippen molar-refractivity contribution < 1.29 is 13.2 Å². The molecule has 0 radical (unpaired) electrons. The third kappa shape index (κ3) is 1.86. The van der Waals surface area contributed by atoms with Crippen LogP contribution in [0, 0.1) is 13.8 Å². The smallest absolute Gasteiger partial charge is 0.282 e. The van der Waals surface area contributed by atoms with E-state index in [0.717, 1.165) is 17.8 Å². The van der Waals surface area contributed by atoms with E-state index in [1.807, 2.05) is 0 Å². The molecule has 0 atom stereocenters. The highest BCUT2D eigenvalue weighted by Gasteiger charge is 2.32. The Morgan fingerprint density at radius 3 is 2.45 bits per heavy atom. The predicted octanol–water partition coefficient (Wildman–Crippen LogP) is 3.59. The van der Waals surface area contributed by atoms with Crippen LogP contribution in [0.25, 0.3) is 22.0 Å². The maximum atomic E-state index is 13.0. The number of aryl methyl sites for hydroxylation is 2. The predicted molar refractivity (Wildman–Crippen MR) is 68.2 cm³/mol. The Bertz CT molecular complexity index is 763. The molecule has 2 heterocycles. The van der Waals surface area contributed by atoms with Crippen LogP contribution in [0.3, 0.4) is 0 Å². The van der Waals surface area contributed by atoms with E-state index in [2.05, 4.69) is 20.4 Å². The number of H-pyrrole nitrogens is 2. The number of rotatable bonds is 1. The zero-order valence-corrected chi connectivity index (χ0v) is 10.8. The Kier molecular flexibility index (Phi) is 2.60. The van der Waals surface area contributed by atoms with Crippen LogP contribution in [-0.4, -0.2) is 20.4 Å². The lowest BCUT2D eigenvalue weighted by Crippen LogP contribution is -2.05. The summed E-state index contributed by atoms with van der Waals surface area (Å²) in [6.45, 7) is 3.53. The number of hydrogen-bond acceptors (Lipinski definition) is 2. The fraction of sp³-hybridized carbons (Fsp3) is 0.231. The third-order valence-electron chi connectivity index (χ3n) is 3.28. The Hall–Kier alpha value is -2.31. The molecule has 1 aromatic carbocycles. The fourth-order valence-electron chi connectivity index (χ4n) is 2.37. The van der Waals surface area contributed by atoms with Gasteiger partial charge in [-0.25, -0.2) is 0 Å². The van der Waals surface area contributed by atoms with Gasteiger partial charge in [0.1, 0.15) is 0 Å². The molecule has 2 N–H and O–H groups in total. The highest BCUT2D eigenvalue weighted by molar-refractivity contribution is 5.96. The highest BCUT2D eigenvalue weighted by Crippen LogP contribution is 2.38. The lowest BCUT2D eigenvalue weighted by Gasteiger charge is -2.10. The van der Waals surface area contributed by atoms with Crippen molar-refractivity contribution in [3.63, 3.8) is 0 Å². The lowest BCUT2D eigenvalue weighted by molar-refractivity contribution is -0.137. The average molecular weight is 280 g/mol. The van der Waals surface area contributed by atoms with Gasteiger partial charge in [0.05, 0.1) is 23.0 Å². The van der Waals surface area contributed by atoms with Crippen LogP contribution in [0.4, 0.5) is 13.2 Å². The second kappa shape index (κ2) is 4.09. The van der Waals surface area contributed by atoms with Crippen LogP contribution in [0.15, 0.2) is 18.3 Å². The van der Waals surface area contributed by atoms with Crippen molar-refractivity contribution in [2.75, 3.05) is 0 Å². The topological polar surface area (TPSA) is 57.4 Å². The van der Waals surface area contributed by atoms with Gasteiger partial charge in [-0.3, -0.25) is 10.2 Å². The summed E-state index contributed by atoms with van der Waals surface area (Å²) in [6.07, 6.45) is -2.88. The number of aromatic nitrogens is 4. The molecule has 7 heteroatoms. The van der Waals surface area contributed by atoms with Gasteiger partial charge in [0.15, 0.2) is 0 Å². The summed E-state index contributed by atoms with van der Waals surface area (Å²) >= 11 is 0. The molecule has 104 valence electrons. The molecule has 0 aliphatic carbocycles. The normalized spacial score (nSPS) is 12.2. The van der Waals surface area contributed by atoms with E-state index in [1.54, 1.807) is 13.8 Å². The summed E-state index contributed by atoms with van der Waals surface area (Å²) in [4.78, 5) is 0. The minimum atomic E-state index is -4.40. The first kappa shape index (κ1) is 12.7. The standard InChI is InChI=1S/C13H11F3N4/c1-6-12(7(2)19-18-6)9-3-8(13(14,15)16)4-11-10(9)5-17-20-11/h3-5H,1-2H3,(H,17,20)(H,18,19). The van der Waals surface area contributed by atoms with Gasteiger partial charge >= 0.3 is 6.18 Å². The number of hydrogen-bond donors (Lipinski definition) is 2. The number of aromatic amines is 2. The molecule has 20 heavy (non-hydrogen) atoms. The molecule has 0 amide bonds. The summed E-state index contributed by atoms with van der Waals surface area (Å²) in [5, 5.41) is 13.9. The summed E-state index contributed by atoms with van der Waals surface area (Å²) in [5.74, 6) is 0. The summed E-state index contributed by atoms with van der Waals surface area (Å²) in [7, 11) is 0. The second-order valence-electron chi connectivity index (χ2n) is 4.66. The van der Waals surface area contributed by atoms with Crippen molar-refractivity contribution >= 4 is 10.9 Å². The molecular formula is C13H11F3N4. The van der Waals surface area contributed by atoms with E-state index < -0.39 is 11.7 Å². The molecule has 0 bridgehead atoms. The molecule has 0 fully saturated rings. The van der Waals surface area contributed by atoms with E-state index in [9.17, 15) is 13.2 Å². The first-order chi connectivity index (χ1) is 9.38. The molecular weight excluding hydrogens is 269 g/mol. The maximum Gasteiger partial charge on any atom is 0.416 e. The Morgan fingerprint density at radius 1 is 1.10 bits per heavy atom. The highest BCUT2D eigenvalue weighted by atomic mass is 19.4. The van der Waals surface area contributed by atoms with Crippen LogP contribution in [0.1, 0.15) is 17.0 Å². The number of halogens is 3. The molecule has 3 rings (SSSR count). The van der Waals surface area contributed by atoms with Gasteiger partial charge in [0, 0.05) is 16.6 Å². The van der Waals surface area contributed by atoms with E-state index in [-0.39, 0.29) is 0 Å². The summed E-state index contributed by atoms with van der Waals surface area (Å²) < 4.78 is 39.0. The van der Waals surface area contributed by atoms with E-state index in [4.69, 9.17) is 0 Å². The molecule has 0 saturated carbocycles. The fourth-order valence-corrected chi connectivity index (χ4v) is 2.37. The minimum absolute atomic E-state index is 0.356. The number of benzene rings is 1. The largest absolute Gasteiger partial charge is 0.416 e. The van der Waals surface area contributed by atoms with Crippen molar-refractivity contribution in [2.45, 2.75) is 20.0 Å². The summed E-state index contributed by atoms with van der Waals surface area (Å²) in [5.41, 5.74) is 2.20. The van der Waals surface area contributed by atoms with Gasteiger partial charge in [-0.15, -0.1) is 0 Å². The maximum absolute atomic E-state index is 13.0. The first-order valence-corrected chi connectivity index (χ1v) is 5.94. The summed E-state index contributed by atoms with van der Waals surface area (Å²) in [6, 6.07) is 2.21. The van der Waals surface area contributed by atoms with Crippen molar-refractivity contribution in [3.05, 3.63) is 35.3 Å². The average Bonchev–Trinajstić information content (AvgIpc) is 2.94. The Labute approximate surface area is 112 Å². The quantitative estimate of drug-likeness (QED) is 0.715. The van der Waals surface area contributed by atoms with E-state index >= 15 is 0 Å². The van der Waals surface area contributed by atoms with Gasteiger partial charge in [-0.05, 0) is 31.5 Å². The van der Waals surface area contributed by atoms with Gasteiger partial charge in [-0.1, -0.05) is 0 Å². The monoisotopic (exact) mass is 280 g/mol. The molecule has 0 unspecified atom stereocenters. The van der Waals surface area contributed by atoms with Crippen LogP contribution in [-0.2, 0) is 6.18 Å². The number of nitrogens with one attached hydrogen (secondary N) is 2. The third-order valence-corrected chi connectivity index (χ3v) is 3.28. The zero-order chi connectivity index (χ0) is 14.5. The van der Waals surface area contributed by atoms with Gasteiger partial charge in [0.25, 0.3) is 0 Å². The van der Waals surface area contributed by atoms with Crippen LogP contribution in [0.5, 0.6) is 0 Å². The number of nitrogens with zero attached hydrogens (tertiary/aromatic N) is 2. The van der Waals surface area contributed by atoms with Crippen LogP contribution < -0.4 is 0 Å². The van der Waals surface area contributed by atoms with Crippen LogP contribution in [0.2, 0.25) is 0 Å². The minimum Gasteiger partial charge on any atom is -0.282 e. The Balaban J connectivity index is 2.37. The molecule has 0 spiro atoms. The van der Waals surface area contributed by atoms with E-state index in [1.165, 1.54) is 6.20 Å². The SMILES string of the molecule is Cc1n[nH]c(C)c1-c1cc(C(F)(F)F)cc2[nH]ncc12. The molecule has 4 nitrogen and oxygen atoms in total. The molecule has 0 aliphatic rings. The second-order valence-corrected chi connectivity index (χ2v) is 4.66. The van der Waals surface area contributed by atoms with Crippen molar-refractivity contribution in [2.24, 2.45) is 0 Å². The lowest BCUT2D eigenvalue weighted by atomic mass is 9.97. The van der Waals surface area contributed by atoms with Crippen molar-refractivity contribution in [3.8, 4) is 11.1 Å². The molecule has 3 aromatic rings. The van der Waals surface area contributed by atoms with Crippen LogP contribution >= 0.6 is 0 Å². The van der Waals surface area contributed by atoms with E-state index in [0.29, 0.717) is 27.7 Å². The van der Waals surface area contributed by atoms with Gasteiger partial charge in [-0.2, -0.15) is 23.4 Å². The zero-order valence-electron chi connectivity index (χ0n) is 10.8. The van der Waals surface area contributed by atoms with Crippen molar-refractivity contribution in [1.82, 2.24) is 20.4 Å². The number of alkyl halides is 3. The Morgan fingerprint density at radius 2 is 1.85 bits per heavy atom. The molecule has 0 saturated heterocycles. The molecule has 2 aromatic heterocycles. The van der Waals surface area contributed by atoms with Gasteiger partial charge in [0.2, 0.25) is 0 Å². The van der Waals surface area contributed by atoms with Gasteiger partial charge < -0.3 is 0 Å². The first-order valence-electron chi connectivity index (χ1n) is 5.94.